The summed E-state index contributed by atoms with van der Waals surface area (Å²) in [7, 11) is 2.81. The van der Waals surface area contributed by atoms with Crippen LogP contribution in [0.1, 0.15) is 5.56 Å². The van der Waals surface area contributed by atoms with E-state index < -0.39 is 11.6 Å². The van der Waals surface area contributed by atoms with Crippen molar-refractivity contribution in [3.63, 3.8) is 0 Å². The summed E-state index contributed by atoms with van der Waals surface area (Å²) in [6.07, 6.45) is 1.37. The second-order valence-corrected chi connectivity index (χ2v) is 5.87. The molecule has 0 atom stereocenters. The Morgan fingerprint density at radius 3 is 2.71 bits per heavy atom. The van der Waals surface area contributed by atoms with Crippen LogP contribution >= 0.6 is 0 Å². The molecule has 9 heteroatoms. The van der Waals surface area contributed by atoms with Gasteiger partial charge in [0, 0.05) is 12.1 Å². The molecule has 0 radical (unpaired) electrons. The molecule has 0 bridgehead atoms. The van der Waals surface area contributed by atoms with Crippen LogP contribution in [0.2, 0.25) is 0 Å². The number of ether oxygens (including phenoxy) is 2. The van der Waals surface area contributed by atoms with Gasteiger partial charge in [0.05, 0.1) is 20.4 Å². The molecule has 1 amide bonds. The molecule has 7 nitrogen and oxygen atoms in total. The van der Waals surface area contributed by atoms with Gasteiger partial charge < -0.3 is 14.8 Å². The molecule has 0 aliphatic rings. The van der Waals surface area contributed by atoms with Crippen molar-refractivity contribution in [2.24, 2.45) is 0 Å². The van der Waals surface area contributed by atoms with E-state index >= 15 is 0 Å². The molecular formula is C19H18F2N4O3. The van der Waals surface area contributed by atoms with Crippen LogP contribution < -0.4 is 14.8 Å². The second-order valence-electron chi connectivity index (χ2n) is 5.87. The van der Waals surface area contributed by atoms with Gasteiger partial charge in [-0.05, 0) is 29.8 Å². The highest BCUT2D eigenvalue weighted by Gasteiger charge is 2.18. The molecule has 3 aromatic rings. The Morgan fingerprint density at radius 1 is 1.14 bits per heavy atom. The number of amides is 1. The van der Waals surface area contributed by atoms with Gasteiger partial charge in [0.2, 0.25) is 11.7 Å². The third kappa shape index (κ3) is 4.25. The Bertz CT molecular complexity index is 991. The van der Waals surface area contributed by atoms with E-state index in [0.29, 0.717) is 12.3 Å². The van der Waals surface area contributed by atoms with Crippen LogP contribution in [-0.4, -0.2) is 35.1 Å². The topological polar surface area (TPSA) is 78.3 Å². The molecule has 1 aromatic heterocycles. The van der Waals surface area contributed by atoms with Crippen LogP contribution in [0.3, 0.4) is 0 Å². The van der Waals surface area contributed by atoms with Crippen LogP contribution in [0, 0.1) is 11.6 Å². The Hall–Kier alpha value is -3.49. The lowest BCUT2D eigenvalue weighted by molar-refractivity contribution is -0.122. The lowest BCUT2D eigenvalue weighted by atomic mass is 10.1. The lowest BCUT2D eigenvalue weighted by Crippen LogP contribution is -2.27. The number of nitrogens with zero attached hydrogens (tertiary/aromatic N) is 3. The largest absolute Gasteiger partial charge is 0.497 e. The first-order valence-electron chi connectivity index (χ1n) is 8.34. The zero-order valence-corrected chi connectivity index (χ0v) is 15.3. The van der Waals surface area contributed by atoms with E-state index in [1.165, 1.54) is 30.1 Å². The quantitative estimate of drug-likeness (QED) is 0.673. The van der Waals surface area contributed by atoms with E-state index in [1.807, 2.05) is 24.3 Å². The minimum atomic E-state index is -1.11. The number of hydrogen-bond acceptors (Lipinski definition) is 5. The molecule has 1 heterocycles. The molecule has 1 N–H and O–H groups in total. The van der Waals surface area contributed by atoms with Crippen LogP contribution in [0.15, 0.2) is 42.6 Å². The third-order valence-electron chi connectivity index (χ3n) is 4.01. The number of carbonyl (C=O) groups is 1. The normalized spacial score (nSPS) is 10.6. The number of halogens is 2. The summed E-state index contributed by atoms with van der Waals surface area (Å²) in [6.45, 7) is 0.202. The van der Waals surface area contributed by atoms with Crippen molar-refractivity contribution >= 4 is 5.91 Å². The minimum Gasteiger partial charge on any atom is -0.497 e. The molecule has 3 rings (SSSR count). The first kappa shape index (κ1) is 19.3. The SMILES string of the molecule is COc1cccc(CNC(=O)Cn2cc(-c3ccc(OC)c(F)c3F)nn2)c1. The highest BCUT2D eigenvalue weighted by atomic mass is 19.2. The van der Waals surface area contributed by atoms with Gasteiger partial charge in [0.25, 0.3) is 0 Å². The average Bonchev–Trinajstić information content (AvgIpc) is 3.16. The molecule has 0 aliphatic carbocycles. The number of methoxy groups -OCH3 is 2. The van der Waals surface area contributed by atoms with E-state index in [2.05, 4.69) is 15.6 Å². The molecular weight excluding hydrogens is 370 g/mol. The first-order valence-corrected chi connectivity index (χ1v) is 8.34. The van der Waals surface area contributed by atoms with Gasteiger partial charge in [-0.1, -0.05) is 17.3 Å². The lowest BCUT2D eigenvalue weighted by Gasteiger charge is -2.07. The zero-order valence-electron chi connectivity index (χ0n) is 15.3. The van der Waals surface area contributed by atoms with Crippen LogP contribution in [0.25, 0.3) is 11.3 Å². The van der Waals surface area contributed by atoms with Gasteiger partial charge in [-0.3, -0.25) is 4.79 Å². The molecule has 0 spiro atoms. The Kier molecular flexibility index (Phi) is 5.83. The molecule has 0 fully saturated rings. The molecule has 0 unspecified atom stereocenters. The van der Waals surface area contributed by atoms with Gasteiger partial charge >= 0.3 is 0 Å². The van der Waals surface area contributed by atoms with Gasteiger partial charge in [-0.25, -0.2) is 9.07 Å². The Labute approximate surface area is 159 Å². The van der Waals surface area contributed by atoms with Gasteiger partial charge in [0.15, 0.2) is 11.6 Å². The van der Waals surface area contributed by atoms with Gasteiger partial charge in [-0.15, -0.1) is 5.10 Å². The maximum absolute atomic E-state index is 14.2. The number of benzene rings is 2. The van der Waals surface area contributed by atoms with Crippen molar-refractivity contribution in [2.45, 2.75) is 13.1 Å². The number of aromatic nitrogens is 3. The highest BCUT2D eigenvalue weighted by molar-refractivity contribution is 5.75. The number of hydrogen-bond donors (Lipinski definition) is 1. The first-order chi connectivity index (χ1) is 13.5. The number of nitrogens with one attached hydrogen (secondary N) is 1. The second kappa shape index (κ2) is 8.47. The molecule has 0 aliphatic heterocycles. The van der Waals surface area contributed by atoms with E-state index in [0.717, 1.165) is 5.56 Å². The van der Waals surface area contributed by atoms with Crippen LogP contribution in [0.5, 0.6) is 11.5 Å². The van der Waals surface area contributed by atoms with Gasteiger partial charge in [0.1, 0.15) is 18.0 Å². The summed E-state index contributed by atoms with van der Waals surface area (Å²) in [5, 5.41) is 10.4. The standard InChI is InChI=1S/C19H18F2N4O3/c1-27-13-5-3-4-12(8-13)9-22-17(26)11-25-10-15(23-24-25)14-6-7-16(28-2)19(21)18(14)20/h3-8,10H,9,11H2,1-2H3,(H,22,26). The van der Waals surface area contributed by atoms with E-state index in [-0.39, 0.29) is 29.5 Å². The predicted octanol–water partition coefficient (Wildman–Crippen LogP) is 2.56. The smallest absolute Gasteiger partial charge is 0.242 e. The fraction of sp³-hybridized carbons (Fsp3) is 0.211. The fourth-order valence-electron chi connectivity index (χ4n) is 2.57. The van der Waals surface area contributed by atoms with Gasteiger partial charge in [-0.2, -0.15) is 4.39 Å². The van der Waals surface area contributed by atoms with E-state index in [9.17, 15) is 13.6 Å². The van der Waals surface area contributed by atoms with Crippen LogP contribution in [-0.2, 0) is 17.9 Å². The van der Waals surface area contributed by atoms with E-state index in [4.69, 9.17) is 9.47 Å². The van der Waals surface area contributed by atoms with Crippen molar-refractivity contribution in [1.82, 2.24) is 20.3 Å². The van der Waals surface area contributed by atoms with Crippen molar-refractivity contribution in [1.29, 1.82) is 0 Å². The Balaban J connectivity index is 1.64. The average molecular weight is 388 g/mol. The fourth-order valence-corrected chi connectivity index (χ4v) is 2.57. The van der Waals surface area contributed by atoms with Crippen molar-refractivity contribution in [3.8, 4) is 22.8 Å². The summed E-state index contributed by atoms with van der Waals surface area (Å²) in [6, 6.07) is 9.95. The molecule has 0 saturated carbocycles. The minimum absolute atomic E-state index is 0.0682. The summed E-state index contributed by atoms with van der Waals surface area (Å²) in [4.78, 5) is 12.1. The maximum atomic E-state index is 14.2. The summed E-state index contributed by atoms with van der Waals surface area (Å²) in [5.41, 5.74) is 0.920. The Morgan fingerprint density at radius 2 is 1.96 bits per heavy atom. The van der Waals surface area contributed by atoms with Crippen LogP contribution in [0.4, 0.5) is 8.78 Å². The van der Waals surface area contributed by atoms with E-state index in [1.54, 1.807) is 7.11 Å². The zero-order chi connectivity index (χ0) is 20.1. The van der Waals surface area contributed by atoms with Crippen molar-refractivity contribution in [3.05, 3.63) is 59.8 Å². The number of rotatable bonds is 7. The van der Waals surface area contributed by atoms with Crippen molar-refractivity contribution < 1.29 is 23.0 Å². The molecule has 2 aromatic carbocycles. The molecule has 0 saturated heterocycles. The molecule has 28 heavy (non-hydrogen) atoms. The summed E-state index contributed by atoms with van der Waals surface area (Å²) < 4.78 is 39.1. The maximum Gasteiger partial charge on any atom is 0.242 e. The van der Waals surface area contributed by atoms with Crippen molar-refractivity contribution in [2.75, 3.05) is 14.2 Å². The highest BCUT2D eigenvalue weighted by Crippen LogP contribution is 2.28. The summed E-state index contributed by atoms with van der Waals surface area (Å²) >= 11 is 0. The molecule has 146 valence electrons. The third-order valence-corrected chi connectivity index (χ3v) is 4.01. The number of carbonyl (C=O) groups excluding carboxylic acids is 1. The summed E-state index contributed by atoms with van der Waals surface area (Å²) in [5.74, 6) is -2.01. The predicted molar refractivity (Wildman–Crippen MR) is 96.8 cm³/mol. The monoisotopic (exact) mass is 388 g/mol.